The fourth-order valence-corrected chi connectivity index (χ4v) is 2.24. The van der Waals surface area contributed by atoms with Crippen LogP contribution in [0.4, 0.5) is 0 Å². The second kappa shape index (κ2) is 4.30. The monoisotopic (exact) mass is 196 g/mol. The van der Waals surface area contributed by atoms with Crippen LogP contribution >= 0.6 is 0 Å². The van der Waals surface area contributed by atoms with Crippen molar-refractivity contribution in [2.45, 2.75) is 51.1 Å². The van der Waals surface area contributed by atoms with Crippen molar-refractivity contribution in [1.82, 2.24) is 10.6 Å². The summed E-state index contributed by atoms with van der Waals surface area (Å²) in [7, 11) is 0. The van der Waals surface area contributed by atoms with Crippen LogP contribution in [0.1, 0.15) is 39.0 Å². The van der Waals surface area contributed by atoms with Gasteiger partial charge in [0.25, 0.3) is 0 Å². The largest absolute Gasteiger partial charge is 0.353 e. The van der Waals surface area contributed by atoms with E-state index in [4.69, 9.17) is 0 Å². The average molecular weight is 196 g/mol. The fraction of sp³-hybridized carbons (Fsp3) is 0.909. The van der Waals surface area contributed by atoms with Gasteiger partial charge >= 0.3 is 0 Å². The molecule has 1 amide bonds. The van der Waals surface area contributed by atoms with E-state index >= 15 is 0 Å². The zero-order valence-corrected chi connectivity index (χ0v) is 8.88. The second-order valence-corrected chi connectivity index (χ2v) is 4.71. The average Bonchev–Trinajstić information content (AvgIpc) is 2.11. The van der Waals surface area contributed by atoms with Gasteiger partial charge in [-0.05, 0) is 45.6 Å². The first-order chi connectivity index (χ1) is 6.75. The van der Waals surface area contributed by atoms with E-state index in [-0.39, 0.29) is 5.92 Å². The molecule has 0 radical (unpaired) electrons. The van der Waals surface area contributed by atoms with E-state index in [2.05, 4.69) is 17.6 Å². The summed E-state index contributed by atoms with van der Waals surface area (Å²) in [4.78, 5) is 11.8. The van der Waals surface area contributed by atoms with E-state index in [1.807, 2.05) is 0 Å². The Labute approximate surface area is 85.6 Å². The molecule has 1 aliphatic carbocycles. The van der Waals surface area contributed by atoms with Crippen LogP contribution in [0.2, 0.25) is 0 Å². The Morgan fingerprint density at radius 2 is 2.14 bits per heavy atom. The van der Waals surface area contributed by atoms with Gasteiger partial charge < -0.3 is 10.6 Å². The molecule has 2 rings (SSSR count). The molecule has 3 nitrogen and oxygen atoms in total. The Hall–Kier alpha value is -0.570. The summed E-state index contributed by atoms with van der Waals surface area (Å²) in [5, 5.41) is 6.51. The van der Waals surface area contributed by atoms with E-state index in [9.17, 15) is 4.79 Å². The SMILES string of the molecule is CC1CC(C(=O)NC2CCC2)CCN1. The van der Waals surface area contributed by atoms with Crippen LogP contribution in [0, 0.1) is 5.92 Å². The molecule has 1 saturated carbocycles. The predicted octanol–water partition coefficient (Wildman–Crippen LogP) is 1.04. The Kier molecular flexibility index (Phi) is 3.06. The van der Waals surface area contributed by atoms with Crippen molar-refractivity contribution in [3.05, 3.63) is 0 Å². The molecule has 3 heteroatoms. The standard InChI is InChI=1S/C11H20N2O/c1-8-7-9(5-6-12-8)11(14)13-10-3-2-4-10/h8-10,12H,2-7H2,1H3,(H,13,14). The molecule has 0 aromatic heterocycles. The molecule has 2 unspecified atom stereocenters. The van der Waals surface area contributed by atoms with Crippen molar-refractivity contribution < 1.29 is 4.79 Å². The number of carbonyl (C=O) groups is 1. The van der Waals surface area contributed by atoms with E-state index < -0.39 is 0 Å². The molecule has 0 aromatic carbocycles. The fourth-order valence-electron chi connectivity index (χ4n) is 2.24. The first kappa shape index (κ1) is 9.97. The topological polar surface area (TPSA) is 41.1 Å². The number of hydrogen-bond acceptors (Lipinski definition) is 2. The maximum Gasteiger partial charge on any atom is 0.223 e. The molecule has 80 valence electrons. The third-order valence-corrected chi connectivity index (χ3v) is 3.45. The first-order valence-corrected chi connectivity index (χ1v) is 5.79. The van der Waals surface area contributed by atoms with Gasteiger partial charge in [0.1, 0.15) is 0 Å². The lowest BCUT2D eigenvalue weighted by atomic mass is 9.89. The highest BCUT2D eigenvalue weighted by atomic mass is 16.1. The first-order valence-electron chi connectivity index (χ1n) is 5.79. The maximum atomic E-state index is 11.8. The molecule has 2 atom stereocenters. The smallest absolute Gasteiger partial charge is 0.223 e. The zero-order valence-electron chi connectivity index (χ0n) is 8.88. The number of nitrogens with one attached hydrogen (secondary N) is 2. The lowest BCUT2D eigenvalue weighted by Gasteiger charge is -2.31. The Morgan fingerprint density at radius 3 is 2.71 bits per heavy atom. The lowest BCUT2D eigenvalue weighted by molar-refractivity contribution is -0.127. The zero-order chi connectivity index (χ0) is 9.97. The van der Waals surface area contributed by atoms with Crippen molar-refractivity contribution in [2.75, 3.05) is 6.54 Å². The van der Waals surface area contributed by atoms with E-state index in [1.54, 1.807) is 0 Å². The summed E-state index contributed by atoms with van der Waals surface area (Å²) in [6.07, 6.45) is 5.66. The van der Waals surface area contributed by atoms with Crippen molar-refractivity contribution >= 4 is 5.91 Å². The molecule has 0 spiro atoms. The summed E-state index contributed by atoms with van der Waals surface area (Å²) >= 11 is 0. The van der Waals surface area contributed by atoms with Crippen molar-refractivity contribution in [2.24, 2.45) is 5.92 Å². The van der Waals surface area contributed by atoms with Gasteiger partial charge in [0.05, 0.1) is 0 Å². The van der Waals surface area contributed by atoms with Crippen LogP contribution in [0.3, 0.4) is 0 Å². The lowest BCUT2D eigenvalue weighted by Crippen LogP contribution is -2.47. The Balaban J connectivity index is 1.77. The highest BCUT2D eigenvalue weighted by Gasteiger charge is 2.27. The van der Waals surface area contributed by atoms with Gasteiger partial charge in [-0.15, -0.1) is 0 Å². The van der Waals surface area contributed by atoms with Gasteiger partial charge in [0.2, 0.25) is 5.91 Å². The van der Waals surface area contributed by atoms with Crippen LogP contribution in [0.15, 0.2) is 0 Å². The molecule has 2 aliphatic rings. The van der Waals surface area contributed by atoms with Crippen molar-refractivity contribution in [3.63, 3.8) is 0 Å². The minimum atomic E-state index is 0.256. The quantitative estimate of drug-likeness (QED) is 0.693. The summed E-state index contributed by atoms with van der Waals surface area (Å²) in [5.74, 6) is 0.551. The van der Waals surface area contributed by atoms with Gasteiger partial charge in [-0.1, -0.05) is 0 Å². The highest BCUT2D eigenvalue weighted by Crippen LogP contribution is 2.21. The molecule has 1 heterocycles. The van der Waals surface area contributed by atoms with Gasteiger partial charge in [-0.2, -0.15) is 0 Å². The molecule has 1 saturated heterocycles. The molecular weight excluding hydrogens is 176 g/mol. The van der Waals surface area contributed by atoms with Gasteiger partial charge in [0.15, 0.2) is 0 Å². The molecule has 2 fully saturated rings. The Morgan fingerprint density at radius 1 is 1.36 bits per heavy atom. The third-order valence-electron chi connectivity index (χ3n) is 3.45. The minimum Gasteiger partial charge on any atom is -0.353 e. The van der Waals surface area contributed by atoms with Crippen LogP contribution < -0.4 is 10.6 Å². The minimum absolute atomic E-state index is 0.256. The molecule has 0 bridgehead atoms. The number of piperidine rings is 1. The normalized spacial score (nSPS) is 33.5. The molecular formula is C11H20N2O. The maximum absolute atomic E-state index is 11.8. The van der Waals surface area contributed by atoms with Crippen molar-refractivity contribution in [1.29, 1.82) is 0 Å². The van der Waals surface area contributed by atoms with Crippen LogP contribution in [0.5, 0.6) is 0 Å². The highest BCUT2D eigenvalue weighted by molar-refractivity contribution is 5.79. The molecule has 0 aromatic rings. The number of rotatable bonds is 2. The van der Waals surface area contributed by atoms with Crippen LogP contribution in [0.25, 0.3) is 0 Å². The van der Waals surface area contributed by atoms with Gasteiger partial charge in [-0.25, -0.2) is 0 Å². The number of hydrogen-bond donors (Lipinski definition) is 2. The van der Waals surface area contributed by atoms with E-state index in [1.165, 1.54) is 19.3 Å². The summed E-state index contributed by atoms with van der Waals surface area (Å²) in [6.45, 7) is 3.15. The molecule has 1 aliphatic heterocycles. The molecule has 14 heavy (non-hydrogen) atoms. The number of amides is 1. The number of carbonyl (C=O) groups excluding carboxylic acids is 1. The second-order valence-electron chi connectivity index (χ2n) is 4.71. The summed E-state index contributed by atoms with van der Waals surface area (Å²) in [5.41, 5.74) is 0. The third kappa shape index (κ3) is 2.27. The molecule has 2 N–H and O–H groups in total. The summed E-state index contributed by atoms with van der Waals surface area (Å²) < 4.78 is 0. The van der Waals surface area contributed by atoms with Crippen LogP contribution in [-0.2, 0) is 4.79 Å². The summed E-state index contributed by atoms with van der Waals surface area (Å²) in [6, 6.07) is 0.994. The Bertz CT molecular complexity index is 213. The van der Waals surface area contributed by atoms with Crippen LogP contribution in [-0.4, -0.2) is 24.5 Å². The van der Waals surface area contributed by atoms with E-state index in [0.29, 0.717) is 18.0 Å². The van der Waals surface area contributed by atoms with Gasteiger partial charge in [0, 0.05) is 18.0 Å². The predicted molar refractivity (Wildman–Crippen MR) is 56.0 cm³/mol. The van der Waals surface area contributed by atoms with E-state index in [0.717, 1.165) is 19.4 Å². The van der Waals surface area contributed by atoms with Crippen molar-refractivity contribution in [3.8, 4) is 0 Å². The van der Waals surface area contributed by atoms with Gasteiger partial charge in [-0.3, -0.25) is 4.79 Å².